The van der Waals surface area contributed by atoms with Crippen LogP contribution in [0.2, 0.25) is 0 Å². The summed E-state index contributed by atoms with van der Waals surface area (Å²) in [6.45, 7) is 2.82. The number of aryl methyl sites for hydroxylation is 1. The lowest BCUT2D eigenvalue weighted by Crippen LogP contribution is -2.42. The molecule has 0 saturated heterocycles. The molecular formula is C24H29N5O4. The summed E-state index contributed by atoms with van der Waals surface area (Å²) in [5.41, 5.74) is 7.75. The molecule has 0 radical (unpaired) electrons. The van der Waals surface area contributed by atoms with Crippen molar-refractivity contribution >= 4 is 23.1 Å². The largest absolute Gasteiger partial charge is 0.385 e. The minimum atomic E-state index is -0.637. The fraction of sp³-hybridized carbons (Fsp3) is 0.292. The Morgan fingerprint density at radius 3 is 2.48 bits per heavy atom. The van der Waals surface area contributed by atoms with Crippen molar-refractivity contribution in [2.45, 2.75) is 19.9 Å². The van der Waals surface area contributed by atoms with Gasteiger partial charge in [-0.15, -0.1) is 0 Å². The van der Waals surface area contributed by atoms with Gasteiger partial charge in [-0.2, -0.15) is 0 Å². The first-order valence-electron chi connectivity index (χ1n) is 10.7. The van der Waals surface area contributed by atoms with E-state index < -0.39 is 11.2 Å². The first-order valence-corrected chi connectivity index (χ1v) is 10.7. The van der Waals surface area contributed by atoms with E-state index in [0.717, 1.165) is 11.1 Å². The van der Waals surface area contributed by atoms with E-state index in [0.29, 0.717) is 25.3 Å². The smallest absolute Gasteiger partial charge is 0.330 e. The second-order valence-electron chi connectivity index (χ2n) is 7.75. The molecule has 0 atom stereocenters. The normalized spacial score (nSPS) is 10.7. The van der Waals surface area contributed by atoms with Crippen LogP contribution >= 0.6 is 0 Å². The van der Waals surface area contributed by atoms with Gasteiger partial charge in [0, 0.05) is 25.9 Å². The summed E-state index contributed by atoms with van der Waals surface area (Å²) < 4.78 is 6.42. The summed E-state index contributed by atoms with van der Waals surface area (Å²) in [5, 5.41) is 2.83. The Hall–Kier alpha value is -3.85. The van der Waals surface area contributed by atoms with Gasteiger partial charge in [0.15, 0.2) is 0 Å². The van der Waals surface area contributed by atoms with Crippen LogP contribution < -0.4 is 27.2 Å². The van der Waals surface area contributed by atoms with Crippen molar-refractivity contribution in [3.8, 4) is 0 Å². The molecule has 0 saturated carbocycles. The molecule has 0 aliphatic carbocycles. The number of aromatic amines is 1. The predicted octanol–water partition coefficient (Wildman–Crippen LogP) is 1.96. The molecule has 3 rings (SSSR count). The van der Waals surface area contributed by atoms with Gasteiger partial charge in [-0.1, -0.05) is 48.0 Å². The number of anilines is 3. The summed E-state index contributed by atoms with van der Waals surface area (Å²) in [6, 6.07) is 16.7. The molecule has 0 aliphatic heterocycles. The Labute approximate surface area is 191 Å². The molecular weight excluding hydrogens is 422 g/mol. The third-order valence-corrected chi connectivity index (χ3v) is 5.16. The number of nitrogens with zero attached hydrogens (tertiary/aromatic N) is 2. The Balaban J connectivity index is 1.91. The van der Waals surface area contributed by atoms with E-state index in [2.05, 4.69) is 10.3 Å². The molecule has 3 aromatic rings. The maximum absolute atomic E-state index is 12.8. The number of hydrogen-bond donors (Lipinski definition) is 3. The summed E-state index contributed by atoms with van der Waals surface area (Å²) >= 11 is 0. The molecule has 9 heteroatoms. The van der Waals surface area contributed by atoms with Crippen LogP contribution in [0.3, 0.4) is 0 Å². The zero-order chi connectivity index (χ0) is 23.8. The van der Waals surface area contributed by atoms with Gasteiger partial charge in [0.2, 0.25) is 5.91 Å². The number of nitrogen functional groups attached to an aromatic ring is 1. The van der Waals surface area contributed by atoms with Crippen molar-refractivity contribution < 1.29 is 9.53 Å². The van der Waals surface area contributed by atoms with Gasteiger partial charge in [-0.05, 0) is 31.0 Å². The molecule has 0 unspecified atom stereocenters. The number of nitrogens with two attached hydrogens (primary N) is 1. The summed E-state index contributed by atoms with van der Waals surface area (Å²) in [5.74, 6) is -0.302. The van der Waals surface area contributed by atoms with Gasteiger partial charge in [-0.3, -0.25) is 19.1 Å². The molecule has 4 N–H and O–H groups in total. The van der Waals surface area contributed by atoms with Crippen LogP contribution in [-0.2, 0) is 16.1 Å². The first-order chi connectivity index (χ1) is 15.9. The van der Waals surface area contributed by atoms with Gasteiger partial charge < -0.3 is 20.7 Å². The quantitative estimate of drug-likeness (QED) is 0.405. The molecule has 0 fully saturated rings. The molecule has 1 heterocycles. The number of methoxy groups -OCH3 is 1. The average molecular weight is 452 g/mol. The number of H-pyrrole nitrogens is 1. The van der Waals surface area contributed by atoms with Gasteiger partial charge in [-0.25, -0.2) is 4.79 Å². The highest BCUT2D eigenvalue weighted by Gasteiger charge is 2.21. The molecule has 174 valence electrons. The van der Waals surface area contributed by atoms with E-state index in [9.17, 15) is 14.4 Å². The third-order valence-electron chi connectivity index (χ3n) is 5.16. The highest BCUT2D eigenvalue weighted by Crippen LogP contribution is 2.18. The van der Waals surface area contributed by atoms with Gasteiger partial charge in [0.05, 0.1) is 13.1 Å². The Kier molecular flexibility index (Phi) is 8.04. The zero-order valence-electron chi connectivity index (χ0n) is 18.8. The number of benzene rings is 2. The molecule has 0 spiro atoms. The molecule has 0 bridgehead atoms. The van der Waals surface area contributed by atoms with Crippen LogP contribution in [0.15, 0.2) is 64.2 Å². The van der Waals surface area contributed by atoms with E-state index >= 15 is 0 Å². The molecule has 9 nitrogen and oxygen atoms in total. The van der Waals surface area contributed by atoms with E-state index in [1.54, 1.807) is 12.0 Å². The van der Waals surface area contributed by atoms with Crippen molar-refractivity contribution in [1.29, 1.82) is 0 Å². The number of amides is 1. The van der Waals surface area contributed by atoms with E-state index in [-0.39, 0.29) is 30.5 Å². The first kappa shape index (κ1) is 23.8. The maximum Gasteiger partial charge on any atom is 0.330 e. The molecule has 33 heavy (non-hydrogen) atoms. The monoisotopic (exact) mass is 451 g/mol. The molecule has 2 aromatic carbocycles. The van der Waals surface area contributed by atoms with Crippen molar-refractivity contribution in [3.63, 3.8) is 0 Å². The van der Waals surface area contributed by atoms with Crippen molar-refractivity contribution in [2.75, 3.05) is 42.8 Å². The SMILES string of the molecule is COCCCN(CC(=O)Nc1ccc(C)cc1)c1c(N)n(Cc2ccccc2)c(=O)[nH]c1=O. The molecule has 1 aromatic heterocycles. The van der Waals surface area contributed by atoms with Crippen LogP contribution in [0, 0.1) is 6.92 Å². The highest BCUT2D eigenvalue weighted by atomic mass is 16.5. The zero-order valence-corrected chi connectivity index (χ0v) is 18.8. The number of aromatic nitrogens is 2. The predicted molar refractivity (Wildman–Crippen MR) is 130 cm³/mol. The number of nitrogens with one attached hydrogen (secondary N) is 2. The van der Waals surface area contributed by atoms with E-state index in [4.69, 9.17) is 10.5 Å². The van der Waals surface area contributed by atoms with Gasteiger partial charge >= 0.3 is 5.69 Å². The Morgan fingerprint density at radius 1 is 1.12 bits per heavy atom. The third kappa shape index (κ3) is 6.33. The second-order valence-corrected chi connectivity index (χ2v) is 7.75. The van der Waals surface area contributed by atoms with Crippen molar-refractivity contribution in [1.82, 2.24) is 9.55 Å². The lowest BCUT2D eigenvalue weighted by atomic mass is 10.2. The topological polar surface area (TPSA) is 122 Å². The standard InChI is InChI=1S/C24H29N5O4/c1-17-9-11-19(12-10-17)26-20(30)16-28(13-6-14-33-2)21-22(25)29(24(32)27-23(21)31)15-18-7-4-3-5-8-18/h3-5,7-12H,6,13-16,25H2,1-2H3,(H,26,30)(H,27,31,32). The van der Waals surface area contributed by atoms with Crippen LogP contribution in [-0.4, -0.2) is 42.3 Å². The Bertz CT molecular complexity index is 1190. The minimum absolute atomic E-state index is 0.00755. The molecule has 1 amide bonds. The highest BCUT2D eigenvalue weighted by molar-refractivity contribution is 5.94. The minimum Gasteiger partial charge on any atom is -0.385 e. The number of hydrogen-bond acceptors (Lipinski definition) is 6. The lowest BCUT2D eigenvalue weighted by molar-refractivity contribution is -0.115. The second kappa shape index (κ2) is 11.1. The Morgan fingerprint density at radius 2 is 1.82 bits per heavy atom. The summed E-state index contributed by atoms with van der Waals surface area (Å²) in [4.78, 5) is 42.0. The number of carbonyl (C=O) groups is 1. The van der Waals surface area contributed by atoms with E-state index in [1.165, 1.54) is 4.57 Å². The summed E-state index contributed by atoms with van der Waals surface area (Å²) in [7, 11) is 1.58. The lowest BCUT2D eigenvalue weighted by Gasteiger charge is -2.25. The number of carbonyl (C=O) groups excluding carboxylic acids is 1. The number of rotatable bonds is 10. The van der Waals surface area contributed by atoms with Crippen molar-refractivity contribution in [2.24, 2.45) is 0 Å². The number of ether oxygens (including phenoxy) is 1. The van der Waals surface area contributed by atoms with Gasteiger partial charge in [0.25, 0.3) is 5.56 Å². The van der Waals surface area contributed by atoms with Crippen LogP contribution in [0.4, 0.5) is 17.2 Å². The van der Waals surface area contributed by atoms with Crippen LogP contribution in [0.1, 0.15) is 17.5 Å². The fourth-order valence-electron chi connectivity index (χ4n) is 3.49. The van der Waals surface area contributed by atoms with Crippen LogP contribution in [0.25, 0.3) is 0 Å². The van der Waals surface area contributed by atoms with Crippen LogP contribution in [0.5, 0.6) is 0 Å². The van der Waals surface area contributed by atoms with Gasteiger partial charge in [0.1, 0.15) is 11.5 Å². The average Bonchev–Trinajstić information content (AvgIpc) is 2.79. The van der Waals surface area contributed by atoms with E-state index in [1.807, 2.05) is 61.5 Å². The maximum atomic E-state index is 12.8. The summed E-state index contributed by atoms with van der Waals surface area (Å²) in [6.07, 6.45) is 0.561. The fourth-order valence-corrected chi connectivity index (χ4v) is 3.49. The molecule has 0 aliphatic rings. The van der Waals surface area contributed by atoms with Crippen molar-refractivity contribution in [3.05, 3.63) is 86.6 Å².